The number of oxime groups is 1. The number of fused-ring (bicyclic) bond motifs is 1. The first-order chi connectivity index (χ1) is 7.47. The van der Waals surface area contributed by atoms with Gasteiger partial charge >= 0.3 is 0 Å². The average molecular weight is 280 g/mol. The van der Waals surface area contributed by atoms with Gasteiger partial charge in [0.05, 0.1) is 11.6 Å². The topological polar surface area (TPSA) is 21.6 Å². The molecule has 0 unspecified atom stereocenters. The Bertz CT molecular complexity index is 477. The maximum Gasteiger partial charge on any atom is 0.149 e. The van der Waals surface area contributed by atoms with E-state index in [4.69, 9.17) is 4.84 Å². The van der Waals surface area contributed by atoms with Gasteiger partial charge in [0.25, 0.3) is 0 Å². The van der Waals surface area contributed by atoms with Gasteiger partial charge in [0, 0.05) is 9.89 Å². The molecule has 0 saturated heterocycles. The van der Waals surface area contributed by atoms with Crippen molar-refractivity contribution in [2.75, 3.05) is 0 Å². The SMILES string of the molecule is CC1(C)[C@@H]2C(c3ccc(Br)cc3)=NO[C@@]21C. The summed E-state index contributed by atoms with van der Waals surface area (Å²) in [6, 6.07) is 8.27. The van der Waals surface area contributed by atoms with Crippen LogP contribution in [0.4, 0.5) is 0 Å². The first-order valence-electron chi connectivity index (χ1n) is 5.49. The molecule has 2 atom stereocenters. The fourth-order valence-electron chi connectivity index (χ4n) is 2.75. The lowest BCUT2D eigenvalue weighted by molar-refractivity contribution is 0.0323. The molecule has 1 saturated carbocycles. The summed E-state index contributed by atoms with van der Waals surface area (Å²) in [4.78, 5) is 5.60. The monoisotopic (exact) mass is 279 g/mol. The highest BCUT2D eigenvalue weighted by Crippen LogP contribution is 2.67. The molecule has 1 aromatic carbocycles. The van der Waals surface area contributed by atoms with Crippen LogP contribution in [0.1, 0.15) is 26.3 Å². The third-order valence-electron chi connectivity index (χ3n) is 4.22. The van der Waals surface area contributed by atoms with Gasteiger partial charge in [0.2, 0.25) is 0 Å². The molecular formula is C13H14BrNO. The Kier molecular flexibility index (Phi) is 1.87. The normalized spacial score (nSPS) is 34.0. The third kappa shape index (κ3) is 1.10. The van der Waals surface area contributed by atoms with Crippen molar-refractivity contribution in [3.63, 3.8) is 0 Å². The lowest BCUT2D eigenvalue weighted by atomic mass is 10.0. The lowest BCUT2D eigenvalue weighted by Gasteiger charge is -2.11. The van der Waals surface area contributed by atoms with E-state index >= 15 is 0 Å². The maximum atomic E-state index is 5.60. The van der Waals surface area contributed by atoms with Crippen LogP contribution in [0.2, 0.25) is 0 Å². The van der Waals surface area contributed by atoms with Crippen LogP contribution in [0.5, 0.6) is 0 Å². The van der Waals surface area contributed by atoms with Crippen LogP contribution >= 0.6 is 15.9 Å². The van der Waals surface area contributed by atoms with Gasteiger partial charge in [-0.2, -0.15) is 0 Å². The van der Waals surface area contributed by atoms with Gasteiger partial charge < -0.3 is 4.84 Å². The highest BCUT2D eigenvalue weighted by molar-refractivity contribution is 9.10. The second-order valence-corrected chi connectivity index (χ2v) is 6.25. The smallest absolute Gasteiger partial charge is 0.149 e. The molecule has 2 aliphatic rings. The van der Waals surface area contributed by atoms with Crippen LogP contribution in [0.15, 0.2) is 33.9 Å². The van der Waals surface area contributed by atoms with Crippen LogP contribution in [0.3, 0.4) is 0 Å². The molecule has 1 aliphatic heterocycles. The van der Waals surface area contributed by atoms with Crippen molar-refractivity contribution in [2.24, 2.45) is 16.5 Å². The van der Waals surface area contributed by atoms with E-state index in [1.54, 1.807) is 0 Å². The van der Waals surface area contributed by atoms with E-state index < -0.39 is 0 Å². The molecule has 84 valence electrons. The highest BCUT2D eigenvalue weighted by Gasteiger charge is 2.76. The van der Waals surface area contributed by atoms with Gasteiger partial charge in [-0.25, -0.2) is 0 Å². The summed E-state index contributed by atoms with van der Waals surface area (Å²) in [6.45, 7) is 6.63. The molecule has 1 aliphatic carbocycles. The summed E-state index contributed by atoms with van der Waals surface area (Å²) in [6.07, 6.45) is 0. The van der Waals surface area contributed by atoms with Crippen molar-refractivity contribution in [2.45, 2.75) is 26.4 Å². The quantitative estimate of drug-likeness (QED) is 0.770. The molecule has 2 nitrogen and oxygen atoms in total. The Morgan fingerprint density at radius 1 is 1.19 bits per heavy atom. The molecule has 3 heteroatoms. The Balaban J connectivity index is 1.97. The third-order valence-corrected chi connectivity index (χ3v) is 4.74. The summed E-state index contributed by atoms with van der Waals surface area (Å²) in [5.74, 6) is 0.432. The number of hydrogen-bond acceptors (Lipinski definition) is 2. The van der Waals surface area contributed by atoms with Gasteiger partial charge in [-0.15, -0.1) is 0 Å². The molecule has 3 rings (SSSR count). The van der Waals surface area contributed by atoms with Crippen molar-refractivity contribution in [1.29, 1.82) is 0 Å². The van der Waals surface area contributed by atoms with E-state index in [1.165, 1.54) is 5.56 Å². The standard InChI is InChI=1S/C13H14BrNO/c1-12(2)11-10(15-16-13(11,12)3)8-4-6-9(14)7-5-8/h4-7,11H,1-3H3/t11-,13-/m0/s1. The van der Waals surface area contributed by atoms with Crippen molar-refractivity contribution >= 4 is 21.6 Å². The van der Waals surface area contributed by atoms with E-state index in [9.17, 15) is 0 Å². The Hall–Kier alpha value is -0.830. The summed E-state index contributed by atoms with van der Waals surface area (Å²) in [5, 5.41) is 4.24. The van der Waals surface area contributed by atoms with E-state index in [2.05, 4.69) is 54.0 Å². The zero-order valence-corrected chi connectivity index (χ0v) is 11.2. The molecule has 16 heavy (non-hydrogen) atoms. The maximum absolute atomic E-state index is 5.60. The molecule has 1 heterocycles. The average Bonchev–Trinajstić information content (AvgIpc) is 2.58. The first kappa shape index (κ1) is 10.3. The number of halogens is 1. The van der Waals surface area contributed by atoms with Gasteiger partial charge in [0.15, 0.2) is 0 Å². The molecule has 0 aromatic heterocycles. The predicted octanol–water partition coefficient (Wildman–Crippen LogP) is 3.60. The molecule has 1 aromatic rings. The van der Waals surface area contributed by atoms with Crippen molar-refractivity contribution in [1.82, 2.24) is 0 Å². The van der Waals surface area contributed by atoms with E-state index in [1.807, 2.05) is 12.1 Å². The molecule has 0 bridgehead atoms. The van der Waals surface area contributed by atoms with E-state index in [0.29, 0.717) is 5.92 Å². The van der Waals surface area contributed by atoms with Crippen LogP contribution < -0.4 is 0 Å². The van der Waals surface area contributed by atoms with Gasteiger partial charge in [-0.3, -0.25) is 0 Å². The summed E-state index contributed by atoms with van der Waals surface area (Å²) in [5.41, 5.74) is 2.38. The molecule has 1 fully saturated rings. The molecule has 0 spiro atoms. The van der Waals surface area contributed by atoms with Crippen molar-refractivity contribution < 1.29 is 4.84 Å². The minimum Gasteiger partial charge on any atom is -0.388 e. The van der Waals surface area contributed by atoms with E-state index in [-0.39, 0.29) is 11.0 Å². The predicted molar refractivity (Wildman–Crippen MR) is 67.4 cm³/mol. The Morgan fingerprint density at radius 2 is 1.81 bits per heavy atom. The Labute approximate surface area is 104 Å². The first-order valence-corrected chi connectivity index (χ1v) is 6.28. The van der Waals surface area contributed by atoms with Gasteiger partial charge in [0.1, 0.15) is 5.60 Å². The fourth-order valence-corrected chi connectivity index (χ4v) is 3.01. The summed E-state index contributed by atoms with van der Waals surface area (Å²) in [7, 11) is 0. The molecule has 0 amide bonds. The summed E-state index contributed by atoms with van der Waals surface area (Å²) < 4.78 is 1.09. The zero-order chi connectivity index (χ0) is 11.6. The Morgan fingerprint density at radius 3 is 2.31 bits per heavy atom. The zero-order valence-electron chi connectivity index (χ0n) is 9.62. The number of benzene rings is 1. The van der Waals surface area contributed by atoms with Crippen LogP contribution in [0, 0.1) is 11.3 Å². The van der Waals surface area contributed by atoms with Gasteiger partial charge in [-0.1, -0.05) is 47.1 Å². The van der Waals surface area contributed by atoms with E-state index in [0.717, 1.165) is 10.2 Å². The minimum atomic E-state index is -0.0879. The second-order valence-electron chi connectivity index (χ2n) is 5.34. The van der Waals surface area contributed by atoms with Crippen molar-refractivity contribution in [3.8, 4) is 0 Å². The highest BCUT2D eigenvalue weighted by atomic mass is 79.9. The number of nitrogens with zero attached hydrogens (tertiary/aromatic N) is 1. The molecule has 0 radical (unpaired) electrons. The summed E-state index contributed by atoms with van der Waals surface area (Å²) >= 11 is 3.44. The largest absolute Gasteiger partial charge is 0.388 e. The van der Waals surface area contributed by atoms with Crippen LogP contribution in [-0.2, 0) is 4.84 Å². The molecular weight excluding hydrogens is 266 g/mol. The lowest BCUT2D eigenvalue weighted by Crippen LogP contribution is -2.12. The van der Waals surface area contributed by atoms with Crippen molar-refractivity contribution in [3.05, 3.63) is 34.3 Å². The number of hydrogen-bond donors (Lipinski definition) is 0. The van der Waals surface area contributed by atoms with Gasteiger partial charge in [-0.05, 0) is 24.6 Å². The minimum absolute atomic E-state index is 0.0879. The van der Waals surface area contributed by atoms with Crippen LogP contribution in [0.25, 0.3) is 0 Å². The van der Waals surface area contributed by atoms with Crippen LogP contribution in [-0.4, -0.2) is 11.3 Å². The second kappa shape index (κ2) is 2.89. The number of rotatable bonds is 1. The molecule has 0 N–H and O–H groups in total. The fraction of sp³-hybridized carbons (Fsp3) is 0.462.